The molecule has 0 atom stereocenters. The van der Waals surface area contributed by atoms with Crippen molar-refractivity contribution in [1.29, 1.82) is 0 Å². The SMILES string of the molecule is Clc1ccc(-c2nc(CNC3CC3)no2)c(Cl)c1. The van der Waals surface area contributed by atoms with Gasteiger partial charge in [-0.25, -0.2) is 0 Å². The molecule has 6 heteroatoms. The molecule has 1 aliphatic carbocycles. The standard InChI is InChI=1S/C12H11Cl2N3O/c13-7-1-4-9(10(14)5-7)12-16-11(17-18-12)6-15-8-2-3-8/h1,4-5,8,15H,2-3,6H2. The minimum absolute atomic E-state index is 0.421. The molecule has 18 heavy (non-hydrogen) atoms. The van der Waals surface area contributed by atoms with Gasteiger partial charge in [-0.05, 0) is 31.0 Å². The molecule has 1 aromatic heterocycles. The van der Waals surface area contributed by atoms with Crippen molar-refractivity contribution < 1.29 is 4.52 Å². The van der Waals surface area contributed by atoms with Crippen LogP contribution < -0.4 is 5.32 Å². The monoisotopic (exact) mass is 283 g/mol. The van der Waals surface area contributed by atoms with Crippen LogP contribution >= 0.6 is 23.2 Å². The Morgan fingerprint density at radius 3 is 2.89 bits per heavy atom. The lowest BCUT2D eigenvalue weighted by molar-refractivity contribution is 0.419. The van der Waals surface area contributed by atoms with Crippen LogP contribution in [0.3, 0.4) is 0 Å². The molecule has 94 valence electrons. The van der Waals surface area contributed by atoms with Gasteiger partial charge >= 0.3 is 0 Å². The predicted molar refractivity (Wildman–Crippen MR) is 69.6 cm³/mol. The van der Waals surface area contributed by atoms with Crippen molar-refractivity contribution in [3.63, 3.8) is 0 Å². The van der Waals surface area contributed by atoms with Gasteiger partial charge in [-0.3, -0.25) is 0 Å². The Hall–Kier alpha value is -1.10. The van der Waals surface area contributed by atoms with Gasteiger partial charge in [0.25, 0.3) is 5.89 Å². The van der Waals surface area contributed by atoms with Crippen LogP contribution in [0.15, 0.2) is 22.7 Å². The van der Waals surface area contributed by atoms with E-state index in [0.717, 1.165) is 0 Å². The summed E-state index contributed by atoms with van der Waals surface area (Å²) in [6, 6.07) is 5.79. The maximum atomic E-state index is 6.08. The zero-order chi connectivity index (χ0) is 12.5. The fraction of sp³-hybridized carbons (Fsp3) is 0.333. The van der Waals surface area contributed by atoms with Crippen LogP contribution in [-0.4, -0.2) is 16.2 Å². The van der Waals surface area contributed by atoms with E-state index in [4.69, 9.17) is 27.7 Å². The Bertz CT molecular complexity index is 566. The molecule has 3 rings (SSSR count). The molecule has 1 fully saturated rings. The molecule has 0 unspecified atom stereocenters. The molecular weight excluding hydrogens is 273 g/mol. The molecule has 0 spiro atoms. The van der Waals surface area contributed by atoms with E-state index >= 15 is 0 Å². The van der Waals surface area contributed by atoms with E-state index in [9.17, 15) is 0 Å². The minimum atomic E-state index is 0.421. The molecule has 1 aliphatic rings. The zero-order valence-corrected chi connectivity index (χ0v) is 11.0. The normalized spacial score (nSPS) is 15.0. The first-order valence-electron chi connectivity index (χ1n) is 5.74. The third-order valence-corrected chi connectivity index (χ3v) is 3.30. The third kappa shape index (κ3) is 2.66. The lowest BCUT2D eigenvalue weighted by Gasteiger charge is -1.98. The summed E-state index contributed by atoms with van der Waals surface area (Å²) in [5.41, 5.74) is 0.700. The first-order valence-corrected chi connectivity index (χ1v) is 6.49. The molecule has 2 aromatic rings. The van der Waals surface area contributed by atoms with Gasteiger partial charge in [-0.2, -0.15) is 4.98 Å². The first-order chi connectivity index (χ1) is 8.72. The van der Waals surface area contributed by atoms with E-state index in [1.54, 1.807) is 18.2 Å². The molecule has 0 amide bonds. The first kappa shape index (κ1) is 12.0. The maximum absolute atomic E-state index is 6.08. The number of nitrogens with one attached hydrogen (secondary N) is 1. The van der Waals surface area contributed by atoms with Crippen molar-refractivity contribution >= 4 is 23.2 Å². The molecular formula is C12H11Cl2N3O. The Kier molecular flexibility index (Phi) is 3.24. The van der Waals surface area contributed by atoms with Crippen LogP contribution in [0.4, 0.5) is 0 Å². The summed E-state index contributed by atoms with van der Waals surface area (Å²) in [6.07, 6.45) is 2.46. The number of aromatic nitrogens is 2. The lowest BCUT2D eigenvalue weighted by atomic mass is 10.2. The Morgan fingerprint density at radius 2 is 2.17 bits per heavy atom. The highest BCUT2D eigenvalue weighted by Crippen LogP contribution is 2.29. The fourth-order valence-corrected chi connectivity index (χ4v) is 2.11. The fourth-order valence-electron chi connectivity index (χ4n) is 1.62. The lowest BCUT2D eigenvalue weighted by Crippen LogP contribution is -2.16. The van der Waals surface area contributed by atoms with E-state index in [1.165, 1.54) is 12.8 Å². The Balaban J connectivity index is 1.78. The summed E-state index contributed by atoms with van der Waals surface area (Å²) in [5, 5.41) is 8.33. The van der Waals surface area contributed by atoms with E-state index in [1.807, 2.05) is 0 Å². The summed E-state index contributed by atoms with van der Waals surface area (Å²) in [5.74, 6) is 1.06. The van der Waals surface area contributed by atoms with Gasteiger partial charge in [0.2, 0.25) is 0 Å². The molecule has 1 saturated carbocycles. The summed E-state index contributed by atoms with van der Waals surface area (Å²) >= 11 is 11.9. The van der Waals surface area contributed by atoms with Crippen LogP contribution in [0, 0.1) is 0 Å². The van der Waals surface area contributed by atoms with Gasteiger partial charge in [-0.15, -0.1) is 0 Å². The maximum Gasteiger partial charge on any atom is 0.259 e. The zero-order valence-electron chi connectivity index (χ0n) is 9.49. The molecule has 1 heterocycles. The number of hydrogen-bond acceptors (Lipinski definition) is 4. The van der Waals surface area contributed by atoms with Crippen LogP contribution in [-0.2, 0) is 6.54 Å². The highest BCUT2D eigenvalue weighted by Gasteiger charge is 2.21. The second kappa shape index (κ2) is 4.88. The van der Waals surface area contributed by atoms with Gasteiger partial charge in [0.1, 0.15) is 0 Å². The Labute approximate surface area is 114 Å². The van der Waals surface area contributed by atoms with Gasteiger partial charge in [-0.1, -0.05) is 28.4 Å². The summed E-state index contributed by atoms with van der Waals surface area (Å²) < 4.78 is 5.20. The average molecular weight is 284 g/mol. The van der Waals surface area contributed by atoms with Crippen molar-refractivity contribution in [1.82, 2.24) is 15.5 Å². The largest absolute Gasteiger partial charge is 0.334 e. The van der Waals surface area contributed by atoms with Crippen molar-refractivity contribution in [3.8, 4) is 11.5 Å². The number of benzene rings is 1. The van der Waals surface area contributed by atoms with Crippen molar-refractivity contribution in [2.24, 2.45) is 0 Å². The van der Waals surface area contributed by atoms with Gasteiger partial charge in [0.05, 0.1) is 17.1 Å². The predicted octanol–water partition coefficient (Wildman–Crippen LogP) is 3.30. The van der Waals surface area contributed by atoms with Gasteiger partial charge < -0.3 is 9.84 Å². The molecule has 0 aliphatic heterocycles. The highest BCUT2D eigenvalue weighted by atomic mass is 35.5. The average Bonchev–Trinajstić information content (AvgIpc) is 3.05. The molecule has 1 aromatic carbocycles. The number of hydrogen-bond donors (Lipinski definition) is 1. The summed E-state index contributed by atoms with van der Waals surface area (Å²) in [7, 11) is 0. The van der Waals surface area contributed by atoms with E-state index in [2.05, 4.69) is 15.5 Å². The summed E-state index contributed by atoms with van der Waals surface area (Å²) in [6.45, 7) is 0.624. The number of halogens is 2. The summed E-state index contributed by atoms with van der Waals surface area (Å²) in [4.78, 5) is 4.30. The smallest absolute Gasteiger partial charge is 0.259 e. The Morgan fingerprint density at radius 1 is 1.33 bits per heavy atom. The number of rotatable bonds is 4. The second-order valence-electron chi connectivity index (χ2n) is 4.30. The number of nitrogens with zero attached hydrogens (tertiary/aromatic N) is 2. The molecule has 4 nitrogen and oxygen atoms in total. The quantitative estimate of drug-likeness (QED) is 0.936. The molecule has 0 radical (unpaired) electrons. The van der Waals surface area contributed by atoms with Crippen LogP contribution in [0.5, 0.6) is 0 Å². The highest BCUT2D eigenvalue weighted by molar-refractivity contribution is 6.36. The second-order valence-corrected chi connectivity index (χ2v) is 5.14. The van der Waals surface area contributed by atoms with Crippen LogP contribution in [0.25, 0.3) is 11.5 Å². The van der Waals surface area contributed by atoms with Gasteiger partial charge in [0.15, 0.2) is 5.82 Å². The van der Waals surface area contributed by atoms with Gasteiger partial charge in [0, 0.05) is 11.1 Å². The van der Waals surface area contributed by atoms with E-state index < -0.39 is 0 Å². The van der Waals surface area contributed by atoms with Crippen molar-refractivity contribution in [2.75, 3.05) is 0 Å². The van der Waals surface area contributed by atoms with Crippen LogP contribution in [0.2, 0.25) is 10.0 Å². The minimum Gasteiger partial charge on any atom is -0.334 e. The van der Waals surface area contributed by atoms with E-state index in [0.29, 0.717) is 39.9 Å². The molecule has 0 bridgehead atoms. The topological polar surface area (TPSA) is 51.0 Å². The molecule has 1 N–H and O–H groups in total. The van der Waals surface area contributed by atoms with Crippen molar-refractivity contribution in [3.05, 3.63) is 34.1 Å². The van der Waals surface area contributed by atoms with Crippen LogP contribution in [0.1, 0.15) is 18.7 Å². The molecule has 0 saturated heterocycles. The third-order valence-electron chi connectivity index (χ3n) is 2.76. The van der Waals surface area contributed by atoms with E-state index in [-0.39, 0.29) is 0 Å². The van der Waals surface area contributed by atoms with Crippen molar-refractivity contribution in [2.45, 2.75) is 25.4 Å².